The lowest BCUT2D eigenvalue weighted by atomic mass is 10.0. The predicted octanol–water partition coefficient (Wildman–Crippen LogP) is 6.07. The zero-order valence-electron chi connectivity index (χ0n) is 19.4. The van der Waals surface area contributed by atoms with Crippen LogP contribution < -0.4 is 10.2 Å². The van der Waals surface area contributed by atoms with E-state index in [9.17, 15) is 18.4 Å². The number of thioether (sulfide) groups is 1. The van der Waals surface area contributed by atoms with Gasteiger partial charge in [-0.2, -0.15) is 0 Å². The Bertz CT molecular complexity index is 1300. The molecule has 3 aromatic carbocycles. The summed E-state index contributed by atoms with van der Waals surface area (Å²) in [5.74, 6) is -1.19. The van der Waals surface area contributed by atoms with Gasteiger partial charge in [-0.15, -0.1) is 11.8 Å². The molecule has 1 saturated heterocycles. The van der Waals surface area contributed by atoms with Gasteiger partial charge in [-0.25, -0.2) is 13.6 Å². The van der Waals surface area contributed by atoms with Gasteiger partial charge in [-0.3, -0.25) is 9.69 Å². The van der Waals surface area contributed by atoms with E-state index in [-0.39, 0.29) is 18.5 Å². The van der Waals surface area contributed by atoms with Crippen molar-refractivity contribution in [1.29, 1.82) is 0 Å². The molecule has 0 radical (unpaired) electrons. The Kier molecular flexibility index (Phi) is 6.01. The van der Waals surface area contributed by atoms with Crippen LogP contribution in [0.25, 0.3) is 0 Å². The first-order valence-electron chi connectivity index (χ1n) is 11.5. The summed E-state index contributed by atoms with van der Waals surface area (Å²) < 4.78 is 27.3. The van der Waals surface area contributed by atoms with Gasteiger partial charge in [-0.05, 0) is 47.4 Å². The molecule has 180 valence electrons. The number of carbonyl (C=O) groups is 2. The maximum absolute atomic E-state index is 13.9. The Balaban J connectivity index is 1.46. The molecule has 0 aromatic heterocycles. The molecule has 0 aliphatic carbocycles. The number of hydrogen-bond donors (Lipinski definition) is 1. The molecular formula is C27H25F2N3O2S. The first-order chi connectivity index (χ1) is 16.8. The highest BCUT2D eigenvalue weighted by atomic mass is 32.2. The summed E-state index contributed by atoms with van der Waals surface area (Å²) in [5, 5.41) is 2.94. The summed E-state index contributed by atoms with van der Waals surface area (Å²) >= 11 is 1.42. The fraction of sp³-hybridized carbons (Fsp3) is 0.259. The van der Waals surface area contributed by atoms with Crippen molar-refractivity contribution in [2.75, 3.05) is 22.5 Å². The summed E-state index contributed by atoms with van der Waals surface area (Å²) in [6, 6.07) is 18.3. The van der Waals surface area contributed by atoms with Crippen molar-refractivity contribution in [3.8, 4) is 0 Å². The van der Waals surface area contributed by atoms with Crippen LogP contribution in [-0.2, 0) is 16.2 Å². The van der Waals surface area contributed by atoms with Crippen LogP contribution in [0.2, 0.25) is 0 Å². The number of fused-ring (bicyclic) bond motifs is 2. The zero-order chi connectivity index (χ0) is 24.7. The molecule has 1 atom stereocenters. The third-order valence-corrected chi connectivity index (χ3v) is 7.92. The minimum atomic E-state index is -1.21. The van der Waals surface area contributed by atoms with E-state index in [0.717, 1.165) is 17.7 Å². The van der Waals surface area contributed by atoms with E-state index in [0.29, 0.717) is 35.2 Å². The van der Waals surface area contributed by atoms with Gasteiger partial charge in [0.1, 0.15) is 0 Å². The van der Waals surface area contributed by atoms with Crippen molar-refractivity contribution in [2.24, 2.45) is 0 Å². The fourth-order valence-corrected chi connectivity index (χ4v) is 6.15. The van der Waals surface area contributed by atoms with Gasteiger partial charge in [-0.1, -0.05) is 50.2 Å². The largest absolute Gasteiger partial charge is 0.323 e. The lowest BCUT2D eigenvalue weighted by Crippen LogP contribution is -2.51. The van der Waals surface area contributed by atoms with E-state index in [2.05, 4.69) is 19.2 Å². The van der Waals surface area contributed by atoms with Crippen molar-refractivity contribution in [3.63, 3.8) is 0 Å². The highest BCUT2D eigenvalue weighted by Crippen LogP contribution is 2.54. The summed E-state index contributed by atoms with van der Waals surface area (Å²) in [6.07, 6.45) is 0. The van der Waals surface area contributed by atoms with Gasteiger partial charge >= 0.3 is 6.03 Å². The normalized spacial score (nSPS) is 19.1. The Hall–Kier alpha value is -3.39. The van der Waals surface area contributed by atoms with Gasteiger partial charge in [0, 0.05) is 23.5 Å². The Labute approximate surface area is 207 Å². The van der Waals surface area contributed by atoms with Crippen molar-refractivity contribution >= 4 is 35.1 Å². The average molecular weight is 494 g/mol. The van der Waals surface area contributed by atoms with Crippen molar-refractivity contribution < 1.29 is 18.4 Å². The van der Waals surface area contributed by atoms with Gasteiger partial charge in [0.2, 0.25) is 0 Å². The second kappa shape index (κ2) is 9.00. The van der Waals surface area contributed by atoms with Crippen molar-refractivity contribution in [2.45, 2.75) is 31.2 Å². The molecule has 5 rings (SSSR count). The van der Waals surface area contributed by atoms with Gasteiger partial charge in [0.15, 0.2) is 16.5 Å². The molecule has 3 amide bonds. The molecule has 1 fully saturated rings. The van der Waals surface area contributed by atoms with Crippen LogP contribution in [0, 0.1) is 11.6 Å². The Morgan fingerprint density at radius 1 is 1.06 bits per heavy atom. The molecule has 0 saturated carbocycles. The number of nitrogens with zero attached hydrogens (tertiary/aromatic N) is 2. The molecule has 2 heterocycles. The van der Waals surface area contributed by atoms with E-state index in [4.69, 9.17) is 0 Å². The van der Waals surface area contributed by atoms with Crippen molar-refractivity contribution in [3.05, 3.63) is 95.1 Å². The second-order valence-electron chi connectivity index (χ2n) is 9.01. The maximum atomic E-state index is 13.9. The third kappa shape index (κ3) is 3.95. The van der Waals surface area contributed by atoms with E-state index in [1.54, 1.807) is 9.80 Å². The number of amides is 3. The number of anilines is 2. The summed E-state index contributed by atoms with van der Waals surface area (Å²) in [6.45, 7) is 4.68. The first-order valence-corrected chi connectivity index (χ1v) is 12.5. The number of para-hydroxylation sites is 1. The standard InChI is InChI=1S/C27H25F2N3O2S/c1-17(2)19-8-10-20(11-9-19)30-26(34)32-13-14-35-27(32)21-5-3-4-6-24(21)31(25(27)33)16-18-7-12-22(28)23(29)15-18/h3-12,15,17H,13-14,16H2,1-2H3,(H,30,34). The Morgan fingerprint density at radius 2 is 1.80 bits per heavy atom. The summed E-state index contributed by atoms with van der Waals surface area (Å²) in [5.41, 5.74) is 3.68. The first kappa shape index (κ1) is 23.4. The third-order valence-electron chi connectivity index (χ3n) is 6.50. The average Bonchev–Trinajstić information content (AvgIpc) is 3.39. The van der Waals surface area contributed by atoms with Crippen LogP contribution in [-0.4, -0.2) is 29.1 Å². The zero-order valence-corrected chi connectivity index (χ0v) is 20.2. The number of benzene rings is 3. The van der Waals surface area contributed by atoms with Crippen LogP contribution in [0.1, 0.15) is 36.5 Å². The quantitative estimate of drug-likeness (QED) is 0.480. The number of hydrogen-bond acceptors (Lipinski definition) is 3. The molecule has 2 aliphatic rings. The van der Waals surface area contributed by atoms with Crippen LogP contribution >= 0.6 is 11.8 Å². The lowest BCUT2D eigenvalue weighted by Gasteiger charge is -2.33. The maximum Gasteiger partial charge on any atom is 0.323 e. The minimum absolute atomic E-state index is 0.0709. The number of urea groups is 1. The molecule has 1 spiro atoms. The molecule has 8 heteroatoms. The highest BCUT2D eigenvalue weighted by molar-refractivity contribution is 8.01. The van der Waals surface area contributed by atoms with Crippen LogP contribution in [0.4, 0.5) is 25.0 Å². The summed E-state index contributed by atoms with van der Waals surface area (Å²) in [7, 11) is 0. The van der Waals surface area contributed by atoms with Gasteiger partial charge in [0.25, 0.3) is 5.91 Å². The van der Waals surface area contributed by atoms with Crippen LogP contribution in [0.15, 0.2) is 66.7 Å². The number of halogens is 2. The molecule has 1 unspecified atom stereocenters. The molecular weight excluding hydrogens is 468 g/mol. The Morgan fingerprint density at radius 3 is 2.51 bits per heavy atom. The number of nitrogens with one attached hydrogen (secondary N) is 1. The molecule has 3 aromatic rings. The van der Waals surface area contributed by atoms with E-state index >= 15 is 0 Å². The van der Waals surface area contributed by atoms with Crippen LogP contribution in [0.5, 0.6) is 0 Å². The van der Waals surface area contributed by atoms with Gasteiger partial charge < -0.3 is 10.2 Å². The smallest absolute Gasteiger partial charge is 0.308 e. The van der Waals surface area contributed by atoms with Crippen LogP contribution in [0.3, 0.4) is 0 Å². The number of carbonyl (C=O) groups excluding carboxylic acids is 2. The van der Waals surface area contributed by atoms with Gasteiger partial charge in [0.05, 0.1) is 12.2 Å². The van der Waals surface area contributed by atoms with E-state index < -0.39 is 16.5 Å². The van der Waals surface area contributed by atoms with Crippen molar-refractivity contribution in [1.82, 2.24) is 4.90 Å². The second-order valence-corrected chi connectivity index (χ2v) is 10.3. The van der Waals surface area contributed by atoms with E-state index in [1.165, 1.54) is 23.4 Å². The molecule has 1 N–H and O–H groups in total. The molecule has 5 nitrogen and oxygen atoms in total. The molecule has 35 heavy (non-hydrogen) atoms. The predicted molar refractivity (Wildman–Crippen MR) is 134 cm³/mol. The SMILES string of the molecule is CC(C)c1ccc(NC(=O)N2CCSC23C(=O)N(Cc2ccc(F)c(F)c2)c2ccccc23)cc1. The topological polar surface area (TPSA) is 52.7 Å². The molecule has 2 aliphatic heterocycles. The number of rotatable bonds is 4. The highest BCUT2D eigenvalue weighted by Gasteiger charge is 2.59. The molecule has 0 bridgehead atoms. The van der Waals surface area contributed by atoms with E-state index in [1.807, 2.05) is 48.5 Å². The monoisotopic (exact) mass is 493 g/mol. The minimum Gasteiger partial charge on any atom is -0.308 e. The fourth-order valence-electron chi connectivity index (χ4n) is 4.69. The summed E-state index contributed by atoms with van der Waals surface area (Å²) in [4.78, 5) is 29.3. The lowest BCUT2D eigenvalue weighted by molar-refractivity contribution is -0.123.